The van der Waals surface area contributed by atoms with Gasteiger partial charge in [-0.2, -0.15) is 0 Å². The zero-order chi connectivity index (χ0) is 9.14. The van der Waals surface area contributed by atoms with Gasteiger partial charge in [-0.25, -0.2) is 9.13 Å². The average molecular weight is 167 g/mol. The van der Waals surface area contributed by atoms with Crippen LogP contribution in [0.25, 0.3) is 0 Å². The maximum atomic E-state index is 2.34. The van der Waals surface area contributed by atoms with Crippen LogP contribution in [-0.2, 0) is 13.6 Å². The first-order valence-corrected chi connectivity index (χ1v) is 4.71. The maximum Gasteiger partial charge on any atom is 0.258 e. The van der Waals surface area contributed by atoms with E-state index in [1.54, 1.807) is 0 Å². The minimum atomic E-state index is 0.608. The lowest BCUT2D eigenvalue weighted by Crippen LogP contribution is -2.32. The van der Waals surface area contributed by atoms with Crippen molar-refractivity contribution in [3.05, 3.63) is 18.2 Å². The molecule has 0 atom stereocenters. The monoisotopic (exact) mass is 167 g/mol. The minimum absolute atomic E-state index is 0.608. The third-order valence-corrected chi connectivity index (χ3v) is 2.11. The lowest BCUT2D eigenvalue weighted by Gasteiger charge is -2.03. The van der Waals surface area contributed by atoms with E-state index in [9.17, 15) is 0 Å². The van der Waals surface area contributed by atoms with Crippen LogP contribution in [0.3, 0.4) is 0 Å². The van der Waals surface area contributed by atoms with E-state index < -0.39 is 0 Å². The number of nitrogens with zero attached hydrogens (tertiary/aromatic N) is 2. The molecule has 2 heteroatoms. The second-order valence-corrected chi connectivity index (χ2v) is 3.62. The van der Waals surface area contributed by atoms with Gasteiger partial charge in [-0.3, -0.25) is 0 Å². The van der Waals surface area contributed by atoms with Crippen molar-refractivity contribution in [2.24, 2.45) is 7.05 Å². The molecule has 1 aromatic rings. The van der Waals surface area contributed by atoms with Gasteiger partial charge in [-0.05, 0) is 6.42 Å². The van der Waals surface area contributed by atoms with E-state index in [4.69, 9.17) is 0 Å². The van der Waals surface area contributed by atoms with Crippen molar-refractivity contribution in [3.8, 4) is 0 Å². The number of imidazole rings is 1. The Kier molecular flexibility index (Phi) is 2.90. The first-order valence-electron chi connectivity index (χ1n) is 4.71. The SMILES string of the molecule is CCCn1cc[n+](C)c1C(C)C. The normalized spacial score (nSPS) is 11.1. The zero-order valence-electron chi connectivity index (χ0n) is 8.54. The Hall–Kier alpha value is -0.790. The lowest BCUT2D eigenvalue weighted by molar-refractivity contribution is -0.680. The molecule has 0 bridgehead atoms. The third-order valence-electron chi connectivity index (χ3n) is 2.11. The van der Waals surface area contributed by atoms with Crippen molar-refractivity contribution in [2.75, 3.05) is 0 Å². The van der Waals surface area contributed by atoms with E-state index in [1.165, 1.54) is 12.2 Å². The lowest BCUT2D eigenvalue weighted by atomic mass is 10.2. The van der Waals surface area contributed by atoms with E-state index in [0.29, 0.717) is 5.92 Å². The Bertz CT molecular complexity index is 248. The van der Waals surface area contributed by atoms with Crippen molar-refractivity contribution in [1.29, 1.82) is 0 Å². The fraction of sp³-hybridized carbons (Fsp3) is 0.700. The van der Waals surface area contributed by atoms with Gasteiger partial charge in [0.15, 0.2) is 0 Å². The quantitative estimate of drug-likeness (QED) is 0.607. The summed E-state index contributed by atoms with van der Waals surface area (Å²) in [5, 5.41) is 0. The maximum absolute atomic E-state index is 2.34. The highest BCUT2D eigenvalue weighted by Crippen LogP contribution is 2.09. The molecule has 0 aromatic carbocycles. The van der Waals surface area contributed by atoms with Crippen molar-refractivity contribution < 1.29 is 4.57 Å². The summed E-state index contributed by atoms with van der Waals surface area (Å²) in [6.07, 6.45) is 5.50. The Balaban J connectivity index is 2.95. The van der Waals surface area contributed by atoms with Gasteiger partial charge in [-0.15, -0.1) is 0 Å². The number of hydrogen-bond donors (Lipinski definition) is 0. The van der Waals surface area contributed by atoms with Crippen molar-refractivity contribution in [1.82, 2.24) is 4.57 Å². The number of aromatic nitrogens is 2. The van der Waals surface area contributed by atoms with Gasteiger partial charge in [0.05, 0.1) is 19.5 Å². The second kappa shape index (κ2) is 3.74. The largest absolute Gasteiger partial charge is 0.258 e. The zero-order valence-corrected chi connectivity index (χ0v) is 8.54. The Morgan fingerprint density at radius 3 is 2.67 bits per heavy atom. The summed E-state index contributed by atoms with van der Waals surface area (Å²) in [5.74, 6) is 2.02. The second-order valence-electron chi connectivity index (χ2n) is 3.62. The molecular weight excluding hydrogens is 148 g/mol. The topological polar surface area (TPSA) is 8.81 Å². The fourth-order valence-corrected chi connectivity index (χ4v) is 1.70. The summed E-state index contributed by atoms with van der Waals surface area (Å²) < 4.78 is 4.55. The Morgan fingerprint density at radius 1 is 1.50 bits per heavy atom. The number of hydrogen-bond acceptors (Lipinski definition) is 0. The van der Waals surface area contributed by atoms with Crippen LogP contribution in [0.2, 0.25) is 0 Å². The number of aryl methyl sites for hydroxylation is 2. The van der Waals surface area contributed by atoms with Gasteiger partial charge in [0.25, 0.3) is 5.82 Å². The van der Waals surface area contributed by atoms with E-state index >= 15 is 0 Å². The molecule has 0 saturated heterocycles. The van der Waals surface area contributed by atoms with Crippen LogP contribution < -0.4 is 4.57 Å². The van der Waals surface area contributed by atoms with Gasteiger partial charge in [0, 0.05) is 0 Å². The first kappa shape index (κ1) is 9.30. The van der Waals surface area contributed by atoms with Crippen LogP contribution in [0.5, 0.6) is 0 Å². The fourth-order valence-electron chi connectivity index (χ4n) is 1.70. The molecule has 12 heavy (non-hydrogen) atoms. The van der Waals surface area contributed by atoms with Gasteiger partial charge in [0.2, 0.25) is 0 Å². The van der Waals surface area contributed by atoms with Gasteiger partial charge in [0.1, 0.15) is 12.4 Å². The molecule has 0 saturated carbocycles. The highest BCUT2D eigenvalue weighted by atomic mass is 15.1. The minimum Gasteiger partial charge on any atom is -0.237 e. The van der Waals surface area contributed by atoms with Gasteiger partial charge >= 0.3 is 0 Å². The predicted octanol–water partition coefficient (Wildman–Crippen LogP) is 1.85. The average Bonchev–Trinajstić information content (AvgIpc) is 2.32. The van der Waals surface area contributed by atoms with Crippen molar-refractivity contribution >= 4 is 0 Å². The molecule has 0 aliphatic rings. The standard InChI is InChI=1S/C10H19N2/c1-5-6-12-8-7-11(4)10(12)9(2)3/h7-9H,5-6H2,1-4H3/q+1. The predicted molar refractivity (Wildman–Crippen MR) is 50.0 cm³/mol. The first-order chi connectivity index (χ1) is 5.66. The van der Waals surface area contributed by atoms with Gasteiger partial charge < -0.3 is 0 Å². The van der Waals surface area contributed by atoms with Crippen LogP contribution in [0, 0.1) is 0 Å². The molecule has 0 N–H and O–H groups in total. The summed E-state index contributed by atoms with van der Waals surface area (Å²) >= 11 is 0. The van der Waals surface area contributed by atoms with Crippen molar-refractivity contribution in [3.63, 3.8) is 0 Å². The van der Waals surface area contributed by atoms with Crippen LogP contribution >= 0.6 is 0 Å². The van der Waals surface area contributed by atoms with E-state index in [1.807, 2.05) is 0 Å². The van der Waals surface area contributed by atoms with Crippen LogP contribution in [-0.4, -0.2) is 4.57 Å². The molecule has 68 valence electrons. The Morgan fingerprint density at radius 2 is 2.17 bits per heavy atom. The van der Waals surface area contributed by atoms with Crippen LogP contribution in [0.4, 0.5) is 0 Å². The molecule has 2 nitrogen and oxygen atoms in total. The Labute approximate surface area is 74.8 Å². The molecule has 0 unspecified atom stereocenters. The summed E-state index contributed by atoms with van der Waals surface area (Å²) in [7, 11) is 2.11. The molecule has 1 aromatic heterocycles. The summed E-state index contributed by atoms with van der Waals surface area (Å²) in [6, 6.07) is 0. The molecule has 1 rings (SSSR count). The molecular formula is C10H19N2+. The summed E-state index contributed by atoms with van der Waals surface area (Å²) in [4.78, 5) is 0. The molecule has 1 heterocycles. The highest BCUT2D eigenvalue weighted by molar-refractivity contribution is 4.89. The smallest absolute Gasteiger partial charge is 0.237 e. The molecule has 0 aliphatic carbocycles. The molecule has 0 spiro atoms. The van der Waals surface area contributed by atoms with Crippen molar-refractivity contribution in [2.45, 2.75) is 39.7 Å². The van der Waals surface area contributed by atoms with Gasteiger partial charge in [-0.1, -0.05) is 20.8 Å². The summed E-state index contributed by atoms with van der Waals surface area (Å²) in [6.45, 7) is 7.82. The van der Waals surface area contributed by atoms with E-state index in [-0.39, 0.29) is 0 Å². The molecule has 0 aliphatic heterocycles. The highest BCUT2D eigenvalue weighted by Gasteiger charge is 2.16. The van der Waals surface area contributed by atoms with E-state index in [0.717, 1.165) is 6.54 Å². The molecule has 0 amide bonds. The van der Waals surface area contributed by atoms with Crippen LogP contribution in [0.15, 0.2) is 12.4 Å². The molecule has 0 fully saturated rings. The van der Waals surface area contributed by atoms with E-state index in [2.05, 4.69) is 49.3 Å². The summed E-state index contributed by atoms with van der Waals surface area (Å²) in [5.41, 5.74) is 0. The molecule has 0 radical (unpaired) electrons. The third kappa shape index (κ3) is 1.68. The van der Waals surface area contributed by atoms with Crippen LogP contribution in [0.1, 0.15) is 38.9 Å². The number of rotatable bonds is 3.